The molecule has 0 radical (unpaired) electrons. The highest BCUT2D eigenvalue weighted by Crippen LogP contribution is 2.40. The van der Waals surface area contributed by atoms with Gasteiger partial charge < -0.3 is 4.74 Å². The van der Waals surface area contributed by atoms with E-state index >= 15 is 0 Å². The van der Waals surface area contributed by atoms with Crippen LogP contribution in [-0.2, 0) is 4.74 Å². The van der Waals surface area contributed by atoms with Gasteiger partial charge in [0.05, 0.1) is 12.8 Å². The first-order valence-electron chi connectivity index (χ1n) is 8.91. The highest BCUT2D eigenvalue weighted by Gasteiger charge is 2.28. The van der Waals surface area contributed by atoms with E-state index in [1.165, 1.54) is 7.11 Å². The third kappa shape index (κ3) is 3.22. The van der Waals surface area contributed by atoms with Gasteiger partial charge in [-0.15, -0.1) is 0 Å². The summed E-state index contributed by atoms with van der Waals surface area (Å²) >= 11 is 0. The van der Waals surface area contributed by atoms with Crippen LogP contribution in [0.3, 0.4) is 0 Å². The summed E-state index contributed by atoms with van der Waals surface area (Å²) in [4.78, 5) is 17.4. The van der Waals surface area contributed by atoms with Gasteiger partial charge >= 0.3 is 5.97 Å². The number of carbonyl (C=O) groups excluding carboxylic acids is 1. The second-order valence-corrected chi connectivity index (χ2v) is 7.71. The molecule has 26 heavy (non-hydrogen) atoms. The number of hydrogen-bond donors (Lipinski definition) is 0. The van der Waals surface area contributed by atoms with Gasteiger partial charge in [-0.25, -0.2) is 9.78 Å². The number of ether oxygens (including phenoxy) is 1. The van der Waals surface area contributed by atoms with E-state index in [-0.39, 0.29) is 11.3 Å². The van der Waals surface area contributed by atoms with Crippen molar-refractivity contribution in [1.82, 2.24) is 4.98 Å². The first-order valence-corrected chi connectivity index (χ1v) is 8.91. The van der Waals surface area contributed by atoms with Gasteiger partial charge in [-0.05, 0) is 16.4 Å². The van der Waals surface area contributed by atoms with E-state index in [0.29, 0.717) is 5.69 Å². The van der Waals surface area contributed by atoms with E-state index in [1.807, 2.05) is 42.5 Å². The van der Waals surface area contributed by atoms with Gasteiger partial charge in [0, 0.05) is 16.9 Å². The molecule has 134 valence electrons. The lowest BCUT2D eigenvalue weighted by Crippen LogP contribution is -2.19. The van der Waals surface area contributed by atoms with Crippen molar-refractivity contribution >= 4 is 16.7 Å². The predicted octanol–water partition coefficient (Wildman–Crippen LogP) is 5.84. The number of nitrogens with zero attached hydrogens (tertiary/aromatic N) is 1. The van der Waals surface area contributed by atoms with Gasteiger partial charge in [0.25, 0.3) is 0 Å². The number of benzene rings is 2. The average molecular weight is 347 g/mol. The Hall–Kier alpha value is -2.68. The molecule has 3 nitrogen and oxygen atoms in total. The van der Waals surface area contributed by atoms with Crippen molar-refractivity contribution in [2.75, 3.05) is 7.11 Å². The normalized spacial score (nSPS) is 12.8. The van der Waals surface area contributed by atoms with Gasteiger partial charge in [0.2, 0.25) is 0 Å². The first-order chi connectivity index (χ1) is 12.3. The number of fused-ring (bicyclic) bond motifs is 1. The fraction of sp³-hybridized carbons (Fsp3) is 0.304. The van der Waals surface area contributed by atoms with E-state index in [0.717, 1.165) is 27.6 Å². The number of carbonyl (C=O) groups is 1. The largest absolute Gasteiger partial charge is 0.464 e. The Bertz CT molecular complexity index is 940. The molecule has 1 aromatic heterocycles. The molecule has 0 aliphatic rings. The van der Waals surface area contributed by atoms with Crippen LogP contribution in [0.4, 0.5) is 0 Å². The molecule has 3 rings (SSSR count). The maximum absolute atomic E-state index is 12.6. The molecule has 0 fully saturated rings. The lowest BCUT2D eigenvalue weighted by molar-refractivity contribution is 0.0594. The highest BCUT2D eigenvalue weighted by molar-refractivity contribution is 6.07. The molecule has 1 atom stereocenters. The maximum Gasteiger partial charge on any atom is 0.357 e. The second-order valence-electron chi connectivity index (χ2n) is 7.71. The van der Waals surface area contributed by atoms with Crippen LogP contribution >= 0.6 is 0 Å². The van der Waals surface area contributed by atoms with Crippen molar-refractivity contribution in [3.05, 3.63) is 66.0 Å². The number of esters is 1. The lowest BCUT2D eigenvalue weighted by atomic mass is 9.78. The second kappa shape index (κ2) is 6.91. The van der Waals surface area contributed by atoms with Crippen LogP contribution in [0.15, 0.2) is 54.6 Å². The Labute approximate surface area is 155 Å². The Morgan fingerprint density at radius 3 is 2.12 bits per heavy atom. The number of pyridine rings is 1. The van der Waals surface area contributed by atoms with Gasteiger partial charge in [0.1, 0.15) is 0 Å². The van der Waals surface area contributed by atoms with Crippen LogP contribution in [0.25, 0.3) is 21.9 Å². The fourth-order valence-electron chi connectivity index (χ4n) is 3.17. The van der Waals surface area contributed by atoms with E-state index < -0.39 is 5.97 Å². The van der Waals surface area contributed by atoms with Crippen LogP contribution in [0.1, 0.15) is 49.8 Å². The summed E-state index contributed by atoms with van der Waals surface area (Å²) in [5.74, 6) is -0.224. The first kappa shape index (κ1) is 18.1. The topological polar surface area (TPSA) is 39.2 Å². The van der Waals surface area contributed by atoms with Crippen molar-refractivity contribution in [2.24, 2.45) is 5.41 Å². The molecule has 0 amide bonds. The standard InChI is InChI=1S/C23H25NO2/c1-15(23(2,3)4)20-18-14-10-9-13-17(18)19(16-11-7-6-8-12-16)21(24-20)22(25)26-5/h6-15H,1-5H3/t15-/m1/s1. The highest BCUT2D eigenvalue weighted by atomic mass is 16.5. The Kier molecular flexibility index (Phi) is 4.82. The van der Waals surface area contributed by atoms with Crippen LogP contribution < -0.4 is 0 Å². The minimum absolute atomic E-state index is 0.0252. The SMILES string of the molecule is COC(=O)c1nc([C@@H](C)C(C)(C)C)c2ccccc2c1-c1ccccc1. The molecule has 3 heteroatoms. The third-order valence-corrected chi connectivity index (χ3v) is 5.09. The monoisotopic (exact) mass is 347 g/mol. The molecule has 0 N–H and O–H groups in total. The Balaban J connectivity index is 2.42. The summed E-state index contributed by atoms with van der Waals surface area (Å²) in [6.07, 6.45) is 0. The van der Waals surface area contributed by atoms with Gasteiger partial charge in [-0.2, -0.15) is 0 Å². The van der Waals surface area contributed by atoms with E-state index in [2.05, 4.69) is 39.8 Å². The van der Waals surface area contributed by atoms with Gasteiger partial charge in [0.15, 0.2) is 5.69 Å². The molecule has 0 saturated carbocycles. The number of rotatable bonds is 3. The molecule has 3 aromatic rings. The molecule has 0 aliphatic heterocycles. The molecule has 0 bridgehead atoms. The van der Waals surface area contributed by atoms with Gasteiger partial charge in [-0.3, -0.25) is 0 Å². The summed E-state index contributed by atoms with van der Waals surface area (Å²) in [7, 11) is 1.40. The van der Waals surface area contributed by atoms with Crippen molar-refractivity contribution in [1.29, 1.82) is 0 Å². The Morgan fingerprint density at radius 2 is 1.54 bits per heavy atom. The minimum Gasteiger partial charge on any atom is -0.464 e. The molecular weight excluding hydrogens is 322 g/mol. The molecule has 0 saturated heterocycles. The zero-order valence-corrected chi connectivity index (χ0v) is 16.0. The molecule has 0 aliphatic carbocycles. The summed E-state index contributed by atoms with van der Waals surface area (Å²) in [5, 5.41) is 2.11. The summed E-state index contributed by atoms with van der Waals surface area (Å²) in [5.41, 5.74) is 3.14. The van der Waals surface area contributed by atoms with Crippen LogP contribution in [-0.4, -0.2) is 18.1 Å². The predicted molar refractivity (Wildman–Crippen MR) is 106 cm³/mol. The molecule has 1 heterocycles. The average Bonchev–Trinajstić information content (AvgIpc) is 2.65. The van der Waals surface area contributed by atoms with Crippen LogP contribution in [0, 0.1) is 5.41 Å². The zero-order valence-electron chi connectivity index (χ0n) is 16.0. The summed E-state index contributed by atoms with van der Waals surface area (Å²) < 4.78 is 5.07. The van der Waals surface area contributed by atoms with Gasteiger partial charge in [-0.1, -0.05) is 82.3 Å². The van der Waals surface area contributed by atoms with Crippen LogP contribution in [0.2, 0.25) is 0 Å². The number of hydrogen-bond acceptors (Lipinski definition) is 3. The zero-order chi connectivity index (χ0) is 18.9. The van der Waals surface area contributed by atoms with Crippen molar-refractivity contribution in [2.45, 2.75) is 33.6 Å². The minimum atomic E-state index is -0.406. The van der Waals surface area contributed by atoms with E-state index in [9.17, 15) is 4.79 Å². The fourth-order valence-corrected chi connectivity index (χ4v) is 3.17. The summed E-state index contributed by atoms with van der Waals surface area (Å²) in [6.45, 7) is 8.74. The number of aromatic nitrogens is 1. The molecule has 0 unspecified atom stereocenters. The van der Waals surface area contributed by atoms with Crippen molar-refractivity contribution in [3.8, 4) is 11.1 Å². The maximum atomic E-state index is 12.6. The molecular formula is C23H25NO2. The number of methoxy groups -OCH3 is 1. The molecule has 2 aromatic carbocycles. The Morgan fingerprint density at radius 1 is 0.962 bits per heavy atom. The van der Waals surface area contributed by atoms with Crippen LogP contribution in [0.5, 0.6) is 0 Å². The quantitative estimate of drug-likeness (QED) is 0.559. The third-order valence-electron chi connectivity index (χ3n) is 5.09. The summed E-state index contributed by atoms with van der Waals surface area (Å²) in [6, 6.07) is 18.1. The van der Waals surface area contributed by atoms with E-state index in [1.54, 1.807) is 0 Å². The van der Waals surface area contributed by atoms with Crippen molar-refractivity contribution in [3.63, 3.8) is 0 Å². The molecule has 0 spiro atoms. The van der Waals surface area contributed by atoms with Crippen molar-refractivity contribution < 1.29 is 9.53 Å². The smallest absolute Gasteiger partial charge is 0.357 e. The van der Waals surface area contributed by atoms with E-state index in [4.69, 9.17) is 9.72 Å². The lowest BCUT2D eigenvalue weighted by Gasteiger charge is -2.28.